The van der Waals surface area contributed by atoms with E-state index in [1.165, 1.54) is 19.4 Å². The molecule has 4 rings (SSSR count). The van der Waals surface area contributed by atoms with Crippen LogP contribution in [0, 0.1) is 0 Å². The van der Waals surface area contributed by atoms with Crippen LogP contribution in [0.4, 0.5) is 5.69 Å². The molecule has 1 aliphatic heterocycles. The van der Waals surface area contributed by atoms with Crippen molar-refractivity contribution in [1.82, 2.24) is 0 Å². The van der Waals surface area contributed by atoms with E-state index < -0.39 is 0 Å². The fraction of sp³-hybridized carbons (Fsp3) is 0.130. The van der Waals surface area contributed by atoms with E-state index in [1.807, 2.05) is 0 Å². The lowest BCUT2D eigenvalue weighted by Crippen LogP contribution is -2.20. The Kier molecular flexibility index (Phi) is 5.61. The van der Waals surface area contributed by atoms with E-state index in [1.54, 1.807) is 55.6 Å². The quantitative estimate of drug-likeness (QED) is 0.578. The molecule has 2 aromatic carbocycles. The molecule has 1 aliphatic rings. The Morgan fingerprint density at radius 1 is 1.06 bits per heavy atom. The predicted molar refractivity (Wildman–Crippen MR) is 112 cm³/mol. The van der Waals surface area contributed by atoms with Crippen LogP contribution in [0.1, 0.15) is 16.1 Å². The number of fused-ring (bicyclic) bond motifs is 1. The van der Waals surface area contributed by atoms with Crippen LogP contribution in [0.5, 0.6) is 23.0 Å². The molecule has 0 radical (unpaired) electrons. The summed E-state index contributed by atoms with van der Waals surface area (Å²) in [5, 5.41) is 2.72. The van der Waals surface area contributed by atoms with Crippen LogP contribution < -0.4 is 24.3 Å². The molecule has 3 aromatic rings. The van der Waals surface area contributed by atoms with Gasteiger partial charge in [-0.2, -0.15) is 0 Å². The van der Waals surface area contributed by atoms with Gasteiger partial charge < -0.3 is 28.7 Å². The molecule has 1 aromatic heterocycles. The molecule has 1 N–H and O–H groups in total. The molecule has 2 heterocycles. The average Bonchev–Trinajstić information content (AvgIpc) is 3.40. The van der Waals surface area contributed by atoms with E-state index >= 15 is 0 Å². The number of methoxy groups -OCH3 is 2. The normalized spacial score (nSPS) is 13.5. The lowest BCUT2D eigenvalue weighted by atomic mass is 10.1. The molecule has 0 atom stereocenters. The summed E-state index contributed by atoms with van der Waals surface area (Å²) in [6.07, 6.45) is 3.04. The number of nitrogens with one attached hydrogen (secondary N) is 1. The van der Waals surface area contributed by atoms with Crippen molar-refractivity contribution < 1.29 is 33.0 Å². The van der Waals surface area contributed by atoms with E-state index in [9.17, 15) is 9.59 Å². The highest BCUT2D eigenvalue weighted by Crippen LogP contribution is 2.35. The minimum Gasteiger partial charge on any atom is -0.497 e. The molecule has 8 nitrogen and oxygen atoms in total. The van der Waals surface area contributed by atoms with Gasteiger partial charge in [0.2, 0.25) is 5.78 Å². The second kappa shape index (κ2) is 8.66. The fourth-order valence-corrected chi connectivity index (χ4v) is 3.00. The van der Waals surface area contributed by atoms with Gasteiger partial charge in [-0.3, -0.25) is 9.59 Å². The maximum absolute atomic E-state index is 12.4. The van der Waals surface area contributed by atoms with Crippen LogP contribution in [0.3, 0.4) is 0 Å². The molecule has 158 valence electrons. The van der Waals surface area contributed by atoms with Gasteiger partial charge in [-0.05, 0) is 36.4 Å². The molecule has 31 heavy (non-hydrogen) atoms. The summed E-state index contributed by atoms with van der Waals surface area (Å²) < 4.78 is 26.8. The minimum atomic E-state index is -0.376. The van der Waals surface area contributed by atoms with Gasteiger partial charge in [0, 0.05) is 18.2 Å². The number of hydrogen-bond donors (Lipinski definition) is 1. The molecule has 8 heteroatoms. The van der Waals surface area contributed by atoms with Gasteiger partial charge >= 0.3 is 0 Å². The van der Waals surface area contributed by atoms with Crippen molar-refractivity contribution >= 4 is 23.5 Å². The number of rotatable bonds is 7. The molecule has 0 aliphatic carbocycles. The van der Waals surface area contributed by atoms with Crippen LogP contribution in [0.2, 0.25) is 0 Å². The molecule has 0 unspecified atom stereocenters. The third kappa shape index (κ3) is 4.37. The van der Waals surface area contributed by atoms with Crippen LogP contribution in [0.15, 0.2) is 65.0 Å². The zero-order valence-corrected chi connectivity index (χ0v) is 16.8. The van der Waals surface area contributed by atoms with Crippen molar-refractivity contribution in [3.05, 3.63) is 71.9 Å². The van der Waals surface area contributed by atoms with Crippen LogP contribution >= 0.6 is 0 Å². The van der Waals surface area contributed by atoms with Crippen molar-refractivity contribution in [2.24, 2.45) is 0 Å². The third-order valence-corrected chi connectivity index (χ3v) is 4.51. The molecular formula is C23H19NO7. The molecule has 0 spiro atoms. The molecule has 1 amide bonds. The number of carbonyl (C=O) groups excluding carboxylic acids is 2. The number of amides is 1. The number of benzene rings is 2. The fourth-order valence-electron chi connectivity index (χ4n) is 3.00. The standard InChI is InChI=1S/C23H19NO7/c1-27-14-6-8-18(20(10-14)28-2)24-22(25)13-30-16-5-7-17-19(11-16)31-21(23(17)26)12-15-4-3-9-29-15/h3-12H,13H2,1-2H3,(H,24,25). The third-order valence-electron chi connectivity index (χ3n) is 4.51. The molecule has 0 bridgehead atoms. The maximum atomic E-state index is 12.4. The second-order valence-corrected chi connectivity index (χ2v) is 6.52. The Hall–Kier alpha value is -4.20. The molecular weight excluding hydrogens is 402 g/mol. The first kappa shape index (κ1) is 20.1. The Bertz CT molecular complexity index is 1150. The van der Waals surface area contributed by atoms with Crippen LogP contribution in [-0.2, 0) is 4.79 Å². The first-order valence-electron chi connectivity index (χ1n) is 9.34. The highest BCUT2D eigenvalue weighted by molar-refractivity contribution is 6.14. The summed E-state index contributed by atoms with van der Waals surface area (Å²) in [6.45, 7) is -0.239. The smallest absolute Gasteiger partial charge is 0.262 e. The van der Waals surface area contributed by atoms with Gasteiger partial charge in [0.05, 0.1) is 31.7 Å². The highest BCUT2D eigenvalue weighted by atomic mass is 16.5. The SMILES string of the molecule is COc1ccc(NC(=O)COc2ccc3c(c2)OC(=Cc2ccco2)C3=O)c(OC)c1. The number of furan rings is 1. The largest absolute Gasteiger partial charge is 0.497 e. The predicted octanol–water partition coefficient (Wildman–Crippen LogP) is 3.93. The topological polar surface area (TPSA) is 96.2 Å². The van der Waals surface area contributed by atoms with Crippen LogP contribution in [-0.4, -0.2) is 32.5 Å². The monoisotopic (exact) mass is 421 g/mol. The lowest BCUT2D eigenvalue weighted by Gasteiger charge is -2.12. The number of ketones is 1. The zero-order chi connectivity index (χ0) is 21.8. The number of carbonyl (C=O) groups is 2. The highest BCUT2D eigenvalue weighted by Gasteiger charge is 2.28. The molecule has 0 saturated carbocycles. The number of Topliss-reactive ketones (excluding diaryl/α,β-unsaturated/α-hetero) is 1. The number of hydrogen-bond acceptors (Lipinski definition) is 7. The molecule has 0 saturated heterocycles. The van der Waals surface area contributed by atoms with Crippen molar-refractivity contribution in [3.8, 4) is 23.0 Å². The Labute approximate surface area is 178 Å². The lowest BCUT2D eigenvalue weighted by molar-refractivity contribution is -0.118. The van der Waals surface area contributed by atoms with E-state index in [4.69, 9.17) is 23.4 Å². The van der Waals surface area contributed by atoms with Gasteiger partial charge in [0.1, 0.15) is 28.8 Å². The zero-order valence-electron chi connectivity index (χ0n) is 16.8. The van der Waals surface area contributed by atoms with E-state index in [2.05, 4.69) is 5.32 Å². The summed E-state index contributed by atoms with van der Waals surface area (Å²) in [4.78, 5) is 24.7. The van der Waals surface area contributed by atoms with Crippen LogP contribution in [0.25, 0.3) is 6.08 Å². The maximum Gasteiger partial charge on any atom is 0.262 e. The number of anilines is 1. The summed E-state index contributed by atoms with van der Waals surface area (Å²) in [7, 11) is 3.05. The first-order valence-corrected chi connectivity index (χ1v) is 9.34. The van der Waals surface area contributed by atoms with Crippen molar-refractivity contribution in [2.45, 2.75) is 0 Å². The van der Waals surface area contributed by atoms with Gasteiger partial charge in [0.25, 0.3) is 5.91 Å². The van der Waals surface area contributed by atoms with Gasteiger partial charge in [-0.15, -0.1) is 0 Å². The molecule has 0 fully saturated rings. The summed E-state index contributed by atoms with van der Waals surface area (Å²) in [5.74, 6) is 1.87. The number of allylic oxidation sites excluding steroid dienone is 1. The van der Waals surface area contributed by atoms with E-state index in [-0.39, 0.29) is 24.1 Å². The van der Waals surface area contributed by atoms with Crippen molar-refractivity contribution in [2.75, 3.05) is 26.1 Å². The van der Waals surface area contributed by atoms with Gasteiger partial charge in [-0.1, -0.05) is 0 Å². The summed E-state index contributed by atoms with van der Waals surface area (Å²) in [5.41, 5.74) is 0.907. The Balaban J connectivity index is 1.40. The Morgan fingerprint density at radius 3 is 2.65 bits per heavy atom. The number of ether oxygens (including phenoxy) is 4. The van der Waals surface area contributed by atoms with Gasteiger partial charge in [0.15, 0.2) is 12.4 Å². The summed E-state index contributed by atoms with van der Waals surface area (Å²) in [6, 6.07) is 13.3. The van der Waals surface area contributed by atoms with Crippen molar-refractivity contribution in [1.29, 1.82) is 0 Å². The second-order valence-electron chi connectivity index (χ2n) is 6.52. The minimum absolute atomic E-state index is 0.159. The summed E-state index contributed by atoms with van der Waals surface area (Å²) >= 11 is 0. The van der Waals surface area contributed by atoms with E-state index in [0.29, 0.717) is 40.0 Å². The van der Waals surface area contributed by atoms with Gasteiger partial charge in [-0.25, -0.2) is 0 Å². The first-order chi connectivity index (χ1) is 15.1. The van der Waals surface area contributed by atoms with Crippen molar-refractivity contribution in [3.63, 3.8) is 0 Å². The van der Waals surface area contributed by atoms with E-state index in [0.717, 1.165) is 0 Å². The Morgan fingerprint density at radius 2 is 1.90 bits per heavy atom. The average molecular weight is 421 g/mol.